The number of carbonyl (C=O) groups excluding carboxylic acids is 1. The van der Waals surface area contributed by atoms with Crippen LogP contribution in [0, 0.1) is 5.82 Å². The maximum Gasteiger partial charge on any atom is 0.261 e. The summed E-state index contributed by atoms with van der Waals surface area (Å²) in [6.07, 6.45) is -0.193. The van der Waals surface area contributed by atoms with Crippen molar-refractivity contribution in [3.05, 3.63) is 34.6 Å². The summed E-state index contributed by atoms with van der Waals surface area (Å²) in [7, 11) is 0. The number of nitrogens with one attached hydrogen (secondary N) is 1. The zero-order chi connectivity index (χ0) is 23.3. The van der Waals surface area contributed by atoms with E-state index in [4.69, 9.17) is 26.1 Å². The van der Waals surface area contributed by atoms with Crippen molar-refractivity contribution in [1.82, 2.24) is 15.2 Å². The highest BCUT2D eigenvalue weighted by Gasteiger charge is 2.39. The van der Waals surface area contributed by atoms with Crippen LogP contribution in [-0.2, 0) is 4.74 Å². The van der Waals surface area contributed by atoms with Crippen molar-refractivity contribution >= 4 is 23.3 Å². The first-order valence-corrected chi connectivity index (χ1v) is 11.5. The summed E-state index contributed by atoms with van der Waals surface area (Å²) in [5.74, 6) is -0.639. The molecule has 1 amide bonds. The molecule has 2 fully saturated rings. The van der Waals surface area contributed by atoms with Crippen LogP contribution < -0.4 is 15.0 Å². The van der Waals surface area contributed by atoms with Gasteiger partial charge in [-0.15, -0.1) is 0 Å². The van der Waals surface area contributed by atoms with Gasteiger partial charge in [0.15, 0.2) is 5.75 Å². The number of phenolic OH excluding ortho intramolecular Hbond substituents is 1. The largest absolute Gasteiger partial charge is 0.507 e. The molecule has 0 aliphatic carbocycles. The molecule has 0 bridgehead atoms. The van der Waals surface area contributed by atoms with Crippen LogP contribution in [0.4, 0.5) is 10.2 Å². The van der Waals surface area contributed by atoms with Crippen molar-refractivity contribution in [3.8, 4) is 22.8 Å². The zero-order valence-electron chi connectivity index (χ0n) is 18.5. The molecule has 0 radical (unpaired) electrons. The molecule has 10 heteroatoms. The van der Waals surface area contributed by atoms with Crippen LogP contribution in [0.1, 0.15) is 24.2 Å². The predicted octanol–water partition coefficient (Wildman–Crippen LogP) is 2.67. The maximum absolute atomic E-state index is 14.8. The highest BCUT2D eigenvalue weighted by atomic mass is 35.5. The van der Waals surface area contributed by atoms with E-state index in [0.29, 0.717) is 38.5 Å². The molecule has 4 heterocycles. The SMILES string of the molecule is C[C@H]1CN(c2nc(-c3c(O)cccc3F)c(Cl)c3c2C(=O)N2CCNC[C@@H]2CO3)C[C@H](C)O1. The molecule has 2 aromatic rings. The van der Waals surface area contributed by atoms with Gasteiger partial charge in [0, 0.05) is 32.7 Å². The van der Waals surface area contributed by atoms with Crippen LogP contribution in [-0.4, -0.2) is 78.5 Å². The number of phenols is 1. The van der Waals surface area contributed by atoms with E-state index in [-0.39, 0.29) is 64.1 Å². The first-order chi connectivity index (χ1) is 15.8. The minimum atomic E-state index is -0.666. The van der Waals surface area contributed by atoms with Gasteiger partial charge in [0.2, 0.25) is 0 Å². The van der Waals surface area contributed by atoms with Crippen LogP contribution in [0.25, 0.3) is 11.3 Å². The van der Waals surface area contributed by atoms with Crippen molar-refractivity contribution in [1.29, 1.82) is 0 Å². The molecule has 0 spiro atoms. The third-order valence-electron chi connectivity index (χ3n) is 6.27. The molecule has 1 aromatic heterocycles. The Morgan fingerprint density at radius 2 is 2.00 bits per heavy atom. The van der Waals surface area contributed by atoms with Gasteiger partial charge in [-0.2, -0.15) is 0 Å². The summed E-state index contributed by atoms with van der Waals surface area (Å²) in [4.78, 5) is 22.2. The molecule has 0 unspecified atom stereocenters. The number of amides is 1. The highest BCUT2D eigenvalue weighted by Crippen LogP contribution is 2.46. The summed E-state index contributed by atoms with van der Waals surface area (Å²) < 4.78 is 26.8. The second-order valence-corrected chi connectivity index (χ2v) is 9.14. The van der Waals surface area contributed by atoms with Crippen molar-refractivity contribution in [2.45, 2.75) is 32.1 Å². The molecule has 33 heavy (non-hydrogen) atoms. The third kappa shape index (κ3) is 3.88. The highest BCUT2D eigenvalue weighted by molar-refractivity contribution is 6.35. The van der Waals surface area contributed by atoms with Crippen molar-refractivity contribution < 1.29 is 23.8 Å². The smallest absolute Gasteiger partial charge is 0.261 e. The molecule has 2 saturated heterocycles. The quantitative estimate of drug-likeness (QED) is 0.689. The van der Waals surface area contributed by atoms with Crippen molar-refractivity contribution in [3.63, 3.8) is 0 Å². The van der Waals surface area contributed by atoms with E-state index in [9.17, 15) is 14.3 Å². The van der Waals surface area contributed by atoms with E-state index in [1.165, 1.54) is 18.2 Å². The minimum Gasteiger partial charge on any atom is -0.507 e. The first kappa shape index (κ1) is 22.2. The summed E-state index contributed by atoms with van der Waals surface area (Å²) >= 11 is 6.71. The molecule has 2 N–H and O–H groups in total. The topological polar surface area (TPSA) is 87.2 Å². The lowest BCUT2D eigenvalue weighted by Gasteiger charge is -2.38. The number of benzene rings is 1. The average Bonchev–Trinajstić information content (AvgIpc) is 2.92. The predicted molar refractivity (Wildman–Crippen MR) is 122 cm³/mol. The van der Waals surface area contributed by atoms with E-state index < -0.39 is 5.82 Å². The zero-order valence-corrected chi connectivity index (χ0v) is 19.2. The molecule has 1 aromatic carbocycles. The van der Waals surface area contributed by atoms with E-state index in [1.54, 1.807) is 4.90 Å². The Bertz CT molecular complexity index is 1070. The molecular formula is C23H26ClFN4O4. The molecule has 0 saturated carbocycles. The second kappa shape index (κ2) is 8.62. The van der Waals surface area contributed by atoms with Crippen LogP contribution in [0.5, 0.6) is 11.5 Å². The van der Waals surface area contributed by atoms with Gasteiger partial charge in [0.05, 0.1) is 23.8 Å². The van der Waals surface area contributed by atoms with Gasteiger partial charge >= 0.3 is 0 Å². The van der Waals surface area contributed by atoms with E-state index in [0.717, 1.165) is 0 Å². The Morgan fingerprint density at radius 1 is 1.24 bits per heavy atom. The number of anilines is 1. The fraction of sp³-hybridized carbons (Fsp3) is 0.478. The number of aromatic nitrogens is 1. The molecule has 5 rings (SSSR count). The monoisotopic (exact) mass is 476 g/mol. The van der Waals surface area contributed by atoms with Gasteiger partial charge in [-0.05, 0) is 26.0 Å². The van der Waals surface area contributed by atoms with Gasteiger partial charge in [-0.25, -0.2) is 9.37 Å². The summed E-state index contributed by atoms with van der Waals surface area (Å²) in [6.45, 7) is 6.95. The fourth-order valence-corrected chi connectivity index (χ4v) is 5.14. The Balaban J connectivity index is 1.74. The average molecular weight is 477 g/mol. The number of ether oxygens (including phenoxy) is 2. The minimum absolute atomic E-state index is 0.00432. The number of morpholine rings is 1. The lowest BCUT2D eigenvalue weighted by atomic mass is 10.0. The number of pyridine rings is 1. The Hall–Kier alpha value is -2.62. The van der Waals surface area contributed by atoms with Gasteiger partial charge in [0.1, 0.15) is 40.3 Å². The third-order valence-corrected chi connectivity index (χ3v) is 6.62. The van der Waals surface area contributed by atoms with Gasteiger partial charge in [-0.1, -0.05) is 17.7 Å². The standard InChI is InChI=1S/C23H26ClFN4O4/c1-12-9-28(10-13(2)33-12)22-18-21(32-11-14-8-26-6-7-29(14)23(18)31)19(24)20(27-22)17-15(25)4-3-5-16(17)30/h3-5,12-14,26,30H,6-11H2,1-2H3/t12-,13-,14+/m0/s1. The summed E-state index contributed by atoms with van der Waals surface area (Å²) in [6, 6.07) is 3.85. The maximum atomic E-state index is 14.8. The van der Waals surface area contributed by atoms with Gasteiger partial charge < -0.3 is 29.7 Å². The molecular weight excluding hydrogens is 451 g/mol. The van der Waals surface area contributed by atoms with Gasteiger partial charge in [-0.3, -0.25) is 4.79 Å². The Labute approximate surface area is 196 Å². The Kier molecular flexibility index (Phi) is 5.80. The molecule has 3 atom stereocenters. The van der Waals surface area contributed by atoms with Crippen molar-refractivity contribution in [2.75, 3.05) is 44.2 Å². The lowest BCUT2D eigenvalue weighted by molar-refractivity contribution is -0.00555. The molecule has 8 nitrogen and oxygen atoms in total. The number of fused-ring (bicyclic) bond motifs is 2. The number of halogens is 2. The molecule has 3 aliphatic heterocycles. The van der Waals surface area contributed by atoms with E-state index in [2.05, 4.69) is 5.32 Å². The Morgan fingerprint density at radius 3 is 2.73 bits per heavy atom. The van der Waals surface area contributed by atoms with Crippen LogP contribution in [0.15, 0.2) is 18.2 Å². The number of rotatable bonds is 2. The van der Waals surface area contributed by atoms with E-state index >= 15 is 0 Å². The van der Waals surface area contributed by atoms with Crippen LogP contribution in [0.3, 0.4) is 0 Å². The summed E-state index contributed by atoms with van der Waals surface area (Å²) in [5, 5.41) is 13.7. The van der Waals surface area contributed by atoms with Crippen LogP contribution in [0.2, 0.25) is 5.02 Å². The number of carbonyl (C=O) groups is 1. The van der Waals surface area contributed by atoms with E-state index in [1.807, 2.05) is 18.7 Å². The first-order valence-electron chi connectivity index (χ1n) is 11.1. The lowest BCUT2D eigenvalue weighted by Crippen LogP contribution is -2.55. The summed E-state index contributed by atoms with van der Waals surface area (Å²) in [5.41, 5.74) is 0.185. The normalized spacial score (nSPS) is 25.2. The second-order valence-electron chi connectivity index (χ2n) is 8.77. The van der Waals surface area contributed by atoms with Crippen LogP contribution >= 0.6 is 11.6 Å². The number of hydrogen-bond acceptors (Lipinski definition) is 7. The van der Waals surface area contributed by atoms with Crippen molar-refractivity contribution in [2.24, 2.45) is 0 Å². The number of hydrogen-bond donors (Lipinski definition) is 2. The van der Waals surface area contributed by atoms with Gasteiger partial charge in [0.25, 0.3) is 5.91 Å². The molecule has 3 aliphatic rings. The molecule has 176 valence electrons. The number of piperazine rings is 1. The fourth-order valence-electron chi connectivity index (χ4n) is 4.85. The number of nitrogens with zero attached hydrogens (tertiary/aromatic N) is 3. The number of aromatic hydroxyl groups is 1.